The van der Waals surface area contributed by atoms with Crippen LogP contribution in [0.5, 0.6) is 0 Å². The lowest BCUT2D eigenvalue weighted by Gasteiger charge is -2.25. The van der Waals surface area contributed by atoms with Crippen LogP contribution in [0.25, 0.3) is 10.9 Å². The molecule has 43 heavy (non-hydrogen) atoms. The standard InChI is InChI=1S/C30H37N5O7S/c1-43-14-13-24(30(41)42)34-29(40)25(16-19-17-32-22-10-6-5-9-20(19)22)35-28(39)23(11-12-26(36)37)33-27(38)21(31)15-18-7-3-2-4-8-18/h2-10,17,21,23-25,32H,11-16,31H2,1H3,(H,33,38)(H,34,40)(H,35,39)(H,36,37)(H,41,42). The fourth-order valence-corrected chi connectivity index (χ4v) is 5.01. The summed E-state index contributed by atoms with van der Waals surface area (Å²) in [6.07, 6.45) is 3.21. The molecule has 1 aromatic heterocycles. The van der Waals surface area contributed by atoms with Crippen molar-refractivity contribution in [3.05, 3.63) is 71.9 Å². The van der Waals surface area contributed by atoms with Gasteiger partial charge in [0.1, 0.15) is 18.1 Å². The Morgan fingerprint density at radius 2 is 1.44 bits per heavy atom. The minimum absolute atomic E-state index is 0.00354. The van der Waals surface area contributed by atoms with Crippen molar-refractivity contribution in [1.29, 1.82) is 0 Å². The number of para-hydroxylation sites is 1. The number of amides is 3. The molecule has 4 unspecified atom stereocenters. The van der Waals surface area contributed by atoms with Gasteiger partial charge in [0.25, 0.3) is 0 Å². The summed E-state index contributed by atoms with van der Waals surface area (Å²) in [7, 11) is 0. The van der Waals surface area contributed by atoms with E-state index in [4.69, 9.17) is 5.73 Å². The number of hydrogen-bond acceptors (Lipinski definition) is 7. The van der Waals surface area contributed by atoms with Crippen LogP contribution in [0.2, 0.25) is 0 Å². The quantitative estimate of drug-likeness (QED) is 0.118. The summed E-state index contributed by atoms with van der Waals surface area (Å²) in [6, 6.07) is 11.7. The molecule has 1 heterocycles. The molecule has 0 spiro atoms. The number of fused-ring (bicyclic) bond motifs is 1. The fourth-order valence-electron chi connectivity index (χ4n) is 4.54. The number of carbonyl (C=O) groups excluding carboxylic acids is 3. The third kappa shape index (κ3) is 10.1. The van der Waals surface area contributed by atoms with Crippen molar-refractivity contribution in [3.8, 4) is 0 Å². The molecule has 0 aliphatic carbocycles. The fraction of sp³-hybridized carbons (Fsp3) is 0.367. The smallest absolute Gasteiger partial charge is 0.326 e. The lowest BCUT2D eigenvalue weighted by molar-refractivity contribution is -0.142. The van der Waals surface area contributed by atoms with Gasteiger partial charge in [-0.3, -0.25) is 19.2 Å². The van der Waals surface area contributed by atoms with Crippen LogP contribution in [0.4, 0.5) is 0 Å². The van der Waals surface area contributed by atoms with Crippen molar-refractivity contribution in [3.63, 3.8) is 0 Å². The Bertz CT molecular complexity index is 1410. The average molecular weight is 612 g/mol. The Hall–Kier alpha value is -4.36. The number of aromatic nitrogens is 1. The third-order valence-electron chi connectivity index (χ3n) is 6.87. The molecule has 0 aliphatic heterocycles. The number of carbonyl (C=O) groups is 5. The van der Waals surface area contributed by atoms with Crippen LogP contribution in [0.1, 0.15) is 30.4 Å². The van der Waals surface area contributed by atoms with Crippen LogP contribution < -0.4 is 21.7 Å². The summed E-state index contributed by atoms with van der Waals surface area (Å²) >= 11 is 1.43. The number of rotatable bonds is 17. The van der Waals surface area contributed by atoms with Gasteiger partial charge in [-0.2, -0.15) is 11.8 Å². The maximum Gasteiger partial charge on any atom is 0.326 e. The van der Waals surface area contributed by atoms with Crippen LogP contribution in [0, 0.1) is 0 Å². The highest BCUT2D eigenvalue weighted by Gasteiger charge is 2.31. The van der Waals surface area contributed by atoms with E-state index < -0.39 is 60.2 Å². The number of H-pyrrole nitrogens is 1. The van der Waals surface area contributed by atoms with Crippen molar-refractivity contribution in [1.82, 2.24) is 20.9 Å². The molecule has 3 rings (SSSR count). The Kier molecular flexibility index (Phi) is 12.6. The molecule has 12 nitrogen and oxygen atoms in total. The van der Waals surface area contributed by atoms with Gasteiger partial charge in [0.15, 0.2) is 0 Å². The van der Waals surface area contributed by atoms with Gasteiger partial charge in [-0.25, -0.2) is 4.79 Å². The molecular formula is C30H37N5O7S. The van der Waals surface area contributed by atoms with Gasteiger partial charge in [-0.05, 0) is 48.5 Å². The second-order valence-corrected chi connectivity index (χ2v) is 11.1. The number of benzene rings is 2. The number of hydrogen-bond donors (Lipinski definition) is 7. The van der Waals surface area contributed by atoms with Gasteiger partial charge in [-0.15, -0.1) is 0 Å². The van der Waals surface area contributed by atoms with Crippen molar-refractivity contribution in [2.24, 2.45) is 5.73 Å². The van der Waals surface area contributed by atoms with Gasteiger partial charge in [0.05, 0.1) is 6.04 Å². The largest absolute Gasteiger partial charge is 0.481 e. The first-order valence-electron chi connectivity index (χ1n) is 13.8. The monoisotopic (exact) mass is 611 g/mol. The first-order valence-corrected chi connectivity index (χ1v) is 15.2. The third-order valence-corrected chi connectivity index (χ3v) is 7.52. The zero-order chi connectivity index (χ0) is 31.4. The second kappa shape index (κ2) is 16.3. The lowest BCUT2D eigenvalue weighted by Crippen LogP contribution is -2.57. The molecule has 2 aromatic carbocycles. The van der Waals surface area contributed by atoms with E-state index in [1.807, 2.05) is 36.6 Å². The topological polar surface area (TPSA) is 204 Å². The predicted molar refractivity (Wildman–Crippen MR) is 163 cm³/mol. The number of aliphatic carboxylic acids is 2. The minimum Gasteiger partial charge on any atom is -0.481 e. The molecule has 0 fully saturated rings. The van der Waals surface area contributed by atoms with Gasteiger partial charge < -0.3 is 36.9 Å². The molecule has 0 aliphatic rings. The Labute approximate surface area is 253 Å². The number of nitrogens with one attached hydrogen (secondary N) is 4. The molecule has 13 heteroatoms. The summed E-state index contributed by atoms with van der Waals surface area (Å²) < 4.78 is 0. The first-order chi connectivity index (χ1) is 20.6. The normalized spacial score (nSPS) is 13.8. The van der Waals surface area contributed by atoms with Gasteiger partial charge in [0.2, 0.25) is 17.7 Å². The summed E-state index contributed by atoms with van der Waals surface area (Å²) in [5, 5.41) is 27.4. The molecule has 0 saturated carbocycles. The molecule has 0 bridgehead atoms. The van der Waals surface area contributed by atoms with E-state index in [9.17, 15) is 34.2 Å². The lowest BCUT2D eigenvalue weighted by atomic mass is 10.0. The van der Waals surface area contributed by atoms with E-state index in [1.54, 1.807) is 30.5 Å². The number of aromatic amines is 1. The van der Waals surface area contributed by atoms with Crippen molar-refractivity contribution in [2.45, 2.75) is 56.3 Å². The van der Waals surface area contributed by atoms with Crippen LogP contribution in [-0.2, 0) is 36.8 Å². The minimum atomic E-state index is -1.31. The van der Waals surface area contributed by atoms with Gasteiger partial charge in [-0.1, -0.05) is 48.5 Å². The summed E-state index contributed by atoms with van der Waals surface area (Å²) in [5.41, 5.74) is 8.40. The highest BCUT2D eigenvalue weighted by atomic mass is 32.2. The summed E-state index contributed by atoms with van der Waals surface area (Å²) in [4.78, 5) is 66.1. The molecule has 0 saturated heterocycles. The van der Waals surface area contributed by atoms with Crippen LogP contribution in [0.3, 0.4) is 0 Å². The highest BCUT2D eigenvalue weighted by Crippen LogP contribution is 2.19. The Balaban J connectivity index is 1.82. The highest BCUT2D eigenvalue weighted by molar-refractivity contribution is 7.98. The van der Waals surface area contributed by atoms with E-state index in [-0.39, 0.29) is 25.7 Å². The second-order valence-electron chi connectivity index (χ2n) is 10.1. The SMILES string of the molecule is CSCCC(NC(=O)C(Cc1c[nH]c2ccccc12)NC(=O)C(CCC(=O)O)NC(=O)C(N)Cc1ccccc1)C(=O)O. The van der Waals surface area contributed by atoms with Crippen molar-refractivity contribution >= 4 is 52.3 Å². The zero-order valence-electron chi connectivity index (χ0n) is 23.7. The molecule has 3 aromatic rings. The predicted octanol–water partition coefficient (Wildman–Crippen LogP) is 1.44. The molecule has 3 amide bonds. The van der Waals surface area contributed by atoms with Crippen molar-refractivity contribution in [2.75, 3.05) is 12.0 Å². The van der Waals surface area contributed by atoms with Gasteiger partial charge >= 0.3 is 11.9 Å². The molecule has 8 N–H and O–H groups in total. The van der Waals surface area contributed by atoms with E-state index in [2.05, 4.69) is 20.9 Å². The summed E-state index contributed by atoms with van der Waals surface area (Å²) in [6.45, 7) is 0. The van der Waals surface area contributed by atoms with E-state index in [1.165, 1.54) is 11.8 Å². The first kappa shape index (κ1) is 33.1. The number of carboxylic acid groups (broad SMARTS) is 2. The van der Waals surface area contributed by atoms with Crippen molar-refractivity contribution < 1.29 is 34.2 Å². The van der Waals surface area contributed by atoms with Crippen LogP contribution in [0.15, 0.2) is 60.8 Å². The van der Waals surface area contributed by atoms with E-state index >= 15 is 0 Å². The summed E-state index contributed by atoms with van der Waals surface area (Å²) in [5.74, 6) is -4.07. The maximum atomic E-state index is 13.5. The molecule has 0 radical (unpaired) electrons. The molecule has 230 valence electrons. The van der Waals surface area contributed by atoms with Crippen LogP contribution in [-0.4, -0.2) is 81.0 Å². The van der Waals surface area contributed by atoms with E-state index in [0.717, 1.165) is 16.5 Å². The number of nitrogens with two attached hydrogens (primary N) is 1. The Morgan fingerprint density at radius 1 is 0.814 bits per heavy atom. The van der Waals surface area contributed by atoms with E-state index in [0.29, 0.717) is 11.3 Å². The molecule has 4 atom stereocenters. The maximum absolute atomic E-state index is 13.5. The molecular weight excluding hydrogens is 574 g/mol. The number of carboxylic acids is 2. The Morgan fingerprint density at radius 3 is 2.12 bits per heavy atom. The number of thioether (sulfide) groups is 1. The van der Waals surface area contributed by atoms with Crippen LogP contribution >= 0.6 is 11.8 Å². The van der Waals surface area contributed by atoms with Gasteiger partial charge in [0, 0.05) is 29.9 Å². The zero-order valence-corrected chi connectivity index (χ0v) is 24.6. The average Bonchev–Trinajstić information content (AvgIpc) is 3.39.